The second-order valence-corrected chi connectivity index (χ2v) is 3.29. The first-order valence-corrected chi connectivity index (χ1v) is 4.57. The summed E-state index contributed by atoms with van der Waals surface area (Å²) in [4.78, 5) is 11.2. The molecule has 0 aliphatic carbocycles. The summed E-state index contributed by atoms with van der Waals surface area (Å²) in [6.07, 6.45) is -0.359. The standard InChI is InChI=1S/C9H20N2O2/c1-7(5-10-3)6-11-9(12)8(2)13-4/h7-8,10H,5-6H2,1-4H3,(H,11,12). The van der Waals surface area contributed by atoms with Crippen LogP contribution in [0.1, 0.15) is 13.8 Å². The third-order valence-corrected chi connectivity index (χ3v) is 1.90. The number of carbonyl (C=O) groups is 1. The lowest BCUT2D eigenvalue weighted by molar-refractivity contribution is -0.130. The normalized spacial score (nSPS) is 15.1. The number of methoxy groups -OCH3 is 1. The summed E-state index contributed by atoms with van der Waals surface area (Å²) in [6, 6.07) is 0. The maximum Gasteiger partial charge on any atom is 0.248 e. The molecule has 0 saturated heterocycles. The minimum atomic E-state index is -0.359. The van der Waals surface area contributed by atoms with Gasteiger partial charge in [0.15, 0.2) is 0 Å². The Hall–Kier alpha value is -0.610. The molecule has 0 radical (unpaired) electrons. The molecule has 0 aromatic carbocycles. The minimum Gasteiger partial charge on any atom is -0.372 e. The maximum atomic E-state index is 11.2. The first-order chi connectivity index (χ1) is 6.11. The molecule has 0 bridgehead atoms. The molecule has 0 saturated carbocycles. The number of amides is 1. The molecule has 2 unspecified atom stereocenters. The van der Waals surface area contributed by atoms with E-state index in [1.165, 1.54) is 7.11 Å². The van der Waals surface area contributed by atoms with Crippen molar-refractivity contribution in [2.45, 2.75) is 20.0 Å². The van der Waals surface area contributed by atoms with E-state index in [-0.39, 0.29) is 12.0 Å². The lowest BCUT2D eigenvalue weighted by Gasteiger charge is -2.14. The fourth-order valence-electron chi connectivity index (χ4n) is 0.946. The van der Waals surface area contributed by atoms with Crippen LogP contribution in [0.5, 0.6) is 0 Å². The summed E-state index contributed by atoms with van der Waals surface area (Å²) in [7, 11) is 3.43. The van der Waals surface area contributed by atoms with Gasteiger partial charge in [-0.1, -0.05) is 6.92 Å². The summed E-state index contributed by atoms with van der Waals surface area (Å²) in [6.45, 7) is 5.40. The van der Waals surface area contributed by atoms with Crippen molar-refractivity contribution in [3.8, 4) is 0 Å². The van der Waals surface area contributed by atoms with Crippen LogP contribution in [0.25, 0.3) is 0 Å². The summed E-state index contributed by atoms with van der Waals surface area (Å²) < 4.78 is 4.88. The molecule has 0 spiro atoms. The van der Waals surface area contributed by atoms with Crippen molar-refractivity contribution in [3.05, 3.63) is 0 Å². The average Bonchev–Trinajstić information content (AvgIpc) is 2.13. The van der Waals surface area contributed by atoms with Gasteiger partial charge < -0.3 is 15.4 Å². The highest BCUT2D eigenvalue weighted by molar-refractivity contribution is 5.80. The van der Waals surface area contributed by atoms with Crippen LogP contribution in [0.4, 0.5) is 0 Å². The lowest BCUT2D eigenvalue weighted by Crippen LogP contribution is -2.38. The van der Waals surface area contributed by atoms with E-state index in [4.69, 9.17) is 4.74 Å². The fraction of sp³-hybridized carbons (Fsp3) is 0.889. The van der Waals surface area contributed by atoms with Crippen LogP contribution >= 0.6 is 0 Å². The van der Waals surface area contributed by atoms with Crippen molar-refractivity contribution in [2.75, 3.05) is 27.2 Å². The van der Waals surface area contributed by atoms with E-state index >= 15 is 0 Å². The Kier molecular flexibility index (Phi) is 6.54. The summed E-state index contributed by atoms with van der Waals surface area (Å²) in [5, 5.41) is 5.87. The van der Waals surface area contributed by atoms with Gasteiger partial charge in [-0.3, -0.25) is 4.79 Å². The Morgan fingerprint density at radius 2 is 2.00 bits per heavy atom. The Balaban J connectivity index is 3.57. The van der Waals surface area contributed by atoms with Gasteiger partial charge in [-0.25, -0.2) is 0 Å². The number of rotatable bonds is 6. The second-order valence-electron chi connectivity index (χ2n) is 3.29. The summed E-state index contributed by atoms with van der Waals surface area (Å²) >= 11 is 0. The molecule has 13 heavy (non-hydrogen) atoms. The molecule has 0 aliphatic rings. The lowest BCUT2D eigenvalue weighted by atomic mass is 10.2. The molecule has 2 atom stereocenters. The maximum absolute atomic E-state index is 11.2. The van der Waals surface area contributed by atoms with Gasteiger partial charge in [-0.2, -0.15) is 0 Å². The first kappa shape index (κ1) is 12.4. The Morgan fingerprint density at radius 3 is 2.46 bits per heavy atom. The van der Waals surface area contributed by atoms with Crippen LogP contribution in [0, 0.1) is 5.92 Å². The predicted octanol–water partition coefficient (Wildman–Crippen LogP) is -0.00700. The monoisotopic (exact) mass is 188 g/mol. The molecule has 1 amide bonds. The predicted molar refractivity (Wildman–Crippen MR) is 52.6 cm³/mol. The Bertz CT molecular complexity index is 151. The SMILES string of the molecule is CNCC(C)CNC(=O)C(C)OC. The van der Waals surface area contributed by atoms with Crippen molar-refractivity contribution in [2.24, 2.45) is 5.92 Å². The van der Waals surface area contributed by atoms with E-state index < -0.39 is 0 Å². The van der Waals surface area contributed by atoms with Crippen LogP contribution in [-0.2, 0) is 9.53 Å². The molecule has 78 valence electrons. The van der Waals surface area contributed by atoms with Crippen LogP contribution < -0.4 is 10.6 Å². The number of ether oxygens (including phenoxy) is 1. The molecule has 0 aromatic rings. The zero-order chi connectivity index (χ0) is 10.3. The molecule has 4 nitrogen and oxygen atoms in total. The molecular formula is C9H20N2O2. The van der Waals surface area contributed by atoms with Gasteiger partial charge in [0.05, 0.1) is 0 Å². The molecular weight excluding hydrogens is 168 g/mol. The fourth-order valence-corrected chi connectivity index (χ4v) is 0.946. The van der Waals surface area contributed by atoms with E-state index in [1.807, 2.05) is 7.05 Å². The van der Waals surface area contributed by atoms with Gasteiger partial charge in [0, 0.05) is 13.7 Å². The number of hydrogen-bond acceptors (Lipinski definition) is 3. The molecule has 0 aliphatic heterocycles. The quantitative estimate of drug-likeness (QED) is 0.616. The number of hydrogen-bond donors (Lipinski definition) is 2. The number of nitrogens with one attached hydrogen (secondary N) is 2. The smallest absolute Gasteiger partial charge is 0.248 e. The van der Waals surface area contributed by atoms with Gasteiger partial charge >= 0.3 is 0 Å². The topological polar surface area (TPSA) is 50.4 Å². The minimum absolute atomic E-state index is 0.0505. The summed E-state index contributed by atoms with van der Waals surface area (Å²) in [5.41, 5.74) is 0. The molecule has 0 heterocycles. The van der Waals surface area contributed by atoms with Crippen molar-refractivity contribution in [1.29, 1.82) is 0 Å². The molecule has 2 N–H and O–H groups in total. The Labute approximate surface area is 80.0 Å². The van der Waals surface area contributed by atoms with Gasteiger partial charge in [-0.05, 0) is 26.4 Å². The van der Waals surface area contributed by atoms with Gasteiger partial charge in [0.25, 0.3) is 0 Å². The largest absolute Gasteiger partial charge is 0.372 e. The van der Waals surface area contributed by atoms with Crippen molar-refractivity contribution < 1.29 is 9.53 Å². The zero-order valence-electron chi connectivity index (χ0n) is 8.89. The van der Waals surface area contributed by atoms with Crippen LogP contribution in [-0.4, -0.2) is 39.3 Å². The molecule has 4 heteroatoms. The highest BCUT2D eigenvalue weighted by atomic mass is 16.5. The van der Waals surface area contributed by atoms with Crippen LogP contribution in [0.3, 0.4) is 0 Å². The number of carbonyl (C=O) groups excluding carboxylic acids is 1. The summed E-state index contributed by atoms with van der Waals surface area (Å²) in [5.74, 6) is 0.392. The molecule has 0 aromatic heterocycles. The van der Waals surface area contributed by atoms with E-state index in [0.717, 1.165) is 6.54 Å². The van der Waals surface area contributed by atoms with E-state index in [0.29, 0.717) is 12.5 Å². The third-order valence-electron chi connectivity index (χ3n) is 1.90. The van der Waals surface area contributed by atoms with E-state index in [1.54, 1.807) is 6.92 Å². The highest BCUT2D eigenvalue weighted by Crippen LogP contribution is 1.91. The first-order valence-electron chi connectivity index (χ1n) is 4.57. The molecule has 0 rings (SSSR count). The van der Waals surface area contributed by atoms with E-state index in [9.17, 15) is 4.79 Å². The second kappa shape index (κ2) is 6.86. The van der Waals surface area contributed by atoms with Gasteiger partial charge in [-0.15, -0.1) is 0 Å². The molecule has 0 fully saturated rings. The third kappa shape index (κ3) is 5.60. The van der Waals surface area contributed by atoms with Crippen molar-refractivity contribution in [3.63, 3.8) is 0 Å². The van der Waals surface area contributed by atoms with Crippen molar-refractivity contribution >= 4 is 5.91 Å². The van der Waals surface area contributed by atoms with Crippen LogP contribution in [0.15, 0.2) is 0 Å². The average molecular weight is 188 g/mol. The van der Waals surface area contributed by atoms with Crippen LogP contribution in [0.2, 0.25) is 0 Å². The van der Waals surface area contributed by atoms with Gasteiger partial charge in [0.2, 0.25) is 5.91 Å². The van der Waals surface area contributed by atoms with Gasteiger partial charge in [0.1, 0.15) is 6.10 Å². The van der Waals surface area contributed by atoms with E-state index in [2.05, 4.69) is 17.6 Å². The highest BCUT2D eigenvalue weighted by Gasteiger charge is 2.11. The Morgan fingerprint density at radius 1 is 1.38 bits per heavy atom. The zero-order valence-corrected chi connectivity index (χ0v) is 8.89. The van der Waals surface area contributed by atoms with Crippen molar-refractivity contribution in [1.82, 2.24) is 10.6 Å².